The maximum absolute atomic E-state index is 11.3. The van der Waals surface area contributed by atoms with Crippen LogP contribution in [-0.4, -0.2) is 26.3 Å². The number of benzene rings is 2. The SMILES string of the molecule is O=C(O)c1cccc2c(-c3cccc4cccnc34)[nH]nc12. The van der Waals surface area contributed by atoms with Gasteiger partial charge in [0.1, 0.15) is 5.52 Å². The Morgan fingerprint density at radius 1 is 1.00 bits per heavy atom. The van der Waals surface area contributed by atoms with Gasteiger partial charge in [0.2, 0.25) is 0 Å². The summed E-state index contributed by atoms with van der Waals surface area (Å²) < 4.78 is 0. The summed E-state index contributed by atoms with van der Waals surface area (Å²) in [5, 5.41) is 18.2. The first-order valence-corrected chi connectivity index (χ1v) is 6.80. The number of aromatic carboxylic acids is 1. The predicted molar refractivity (Wildman–Crippen MR) is 83.8 cm³/mol. The molecule has 2 N–H and O–H groups in total. The number of pyridine rings is 1. The highest BCUT2D eigenvalue weighted by atomic mass is 16.4. The minimum absolute atomic E-state index is 0.188. The quantitative estimate of drug-likeness (QED) is 0.592. The summed E-state index contributed by atoms with van der Waals surface area (Å²) in [6.07, 6.45) is 1.74. The molecule has 5 heteroatoms. The van der Waals surface area contributed by atoms with Gasteiger partial charge in [0.15, 0.2) is 0 Å². The van der Waals surface area contributed by atoms with E-state index < -0.39 is 5.97 Å². The maximum atomic E-state index is 11.3. The van der Waals surface area contributed by atoms with Crippen molar-refractivity contribution in [2.24, 2.45) is 0 Å². The van der Waals surface area contributed by atoms with Gasteiger partial charge in [-0.15, -0.1) is 0 Å². The van der Waals surface area contributed by atoms with Gasteiger partial charge in [0.25, 0.3) is 0 Å². The van der Waals surface area contributed by atoms with Crippen LogP contribution in [-0.2, 0) is 0 Å². The number of aromatic amines is 1. The molecule has 4 aromatic rings. The van der Waals surface area contributed by atoms with E-state index >= 15 is 0 Å². The molecule has 0 aliphatic carbocycles. The van der Waals surface area contributed by atoms with Gasteiger partial charge in [-0.25, -0.2) is 4.79 Å². The van der Waals surface area contributed by atoms with E-state index in [4.69, 9.17) is 0 Å². The zero-order valence-corrected chi connectivity index (χ0v) is 11.4. The molecule has 0 aliphatic heterocycles. The number of para-hydroxylation sites is 2. The van der Waals surface area contributed by atoms with Crippen LogP contribution in [0.5, 0.6) is 0 Å². The first-order chi connectivity index (χ1) is 10.8. The zero-order valence-electron chi connectivity index (χ0n) is 11.4. The van der Waals surface area contributed by atoms with Gasteiger partial charge < -0.3 is 5.11 Å². The Kier molecular flexibility index (Phi) is 2.66. The second-order valence-corrected chi connectivity index (χ2v) is 4.99. The molecule has 0 amide bonds. The van der Waals surface area contributed by atoms with E-state index in [9.17, 15) is 9.90 Å². The number of hydrogen-bond acceptors (Lipinski definition) is 3. The molecule has 0 unspecified atom stereocenters. The number of H-pyrrole nitrogens is 1. The van der Waals surface area contributed by atoms with E-state index in [2.05, 4.69) is 15.2 Å². The zero-order chi connectivity index (χ0) is 15.1. The molecule has 0 radical (unpaired) electrons. The van der Waals surface area contributed by atoms with Crippen LogP contribution in [0.3, 0.4) is 0 Å². The molecule has 5 nitrogen and oxygen atoms in total. The van der Waals surface area contributed by atoms with Crippen molar-refractivity contribution in [3.63, 3.8) is 0 Å². The molecule has 0 spiro atoms. The Morgan fingerprint density at radius 3 is 2.68 bits per heavy atom. The van der Waals surface area contributed by atoms with Crippen molar-refractivity contribution in [1.82, 2.24) is 15.2 Å². The van der Waals surface area contributed by atoms with Crippen molar-refractivity contribution in [1.29, 1.82) is 0 Å². The van der Waals surface area contributed by atoms with E-state index in [0.29, 0.717) is 5.52 Å². The van der Waals surface area contributed by atoms with Crippen LogP contribution in [0.1, 0.15) is 10.4 Å². The average molecular weight is 289 g/mol. The third-order valence-corrected chi connectivity index (χ3v) is 3.72. The molecule has 0 saturated heterocycles. The highest BCUT2D eigenvalue weighted by molar-refractivity contribution is 6.08. The van der Waals surface area contributed by atoms with Gasteiger partial charge >= 0.3 is 5.97 Å². The second-order valence-electron chi connectivity index (χ2n) is 4.99. The number of carboxylic acid groups (broad SMARTS) is 1. The number of rotatable bonds is 2. The van der Waals surface area contributed by atoms with Crippen molar-refractivity contribution in [3.05, 3.63) is 60.3 Å². The van der Waals surface area contributed by atoms with Crippen molar-refractivity contribution < 1.29 is 9.90 Å². The predicted octanol–water partition coefficient (Wildman–Crippen LogP) is 3.48. The number of hydrogen-bond donors (Lipinski definition) is 2. The van der Waals surface area contributed by atoms with Crippen LogP contribution in [0, 0.1) is 0 Å². The molecular weight excluding hydrogens is 278 g/mol. The second kappa shape index (κ2) is 4.66. The Bertz CT molecular complexity index is 1020. The molecular formula is C17H11N3O2. The third kappa shape index (κ3) is 1.76. The smallest absolute Gasteiger partial charge is 0.337 e. The molecule has 0 aliphatic rings. The largest absolute Gasteiger partial charge is 0.478 e. The monoisotopic (exact) mass is 289 g/mol. The van der Waals surface area contributed by atoms with Gasteiger partial charge in [-0.1, -0.05) is 36.4 Å². The number of carboxylic acids is 1. The normalized spacial score (nSPS) is 11.1. The van der Waals surface area contributed by atoms with Crippen LogP contribution in [0.25, 0.3) is 33.1 Å². The summed E-state index contributed by atoms with van der Waals surface area (Å²) in [4.78, 5) is 15.7. The number of nitrogens with one attached hydrogen (secondary N) is 1. The molecule has 2 heterocycles. The van der Waals surface area contributed by atoms with Gasteiger partial charge in [-0.05, 0) is 12.1 Å². The number of carbonyl (C=O) groups is 1. The van der Waals surface area contributed by atoms with Gasteiger partial charge in [0, 0.05) is 22.5 Å². The fraction of sp³-hybridized carbons (Fsp3) is 0. The van der Waals surface area contributed by atoms with Gasteiger partial charge in [-0.2, -0.15) is 5.10 Å². The molecule has 0 fully saturated rings. The van der Waals surface area contributed by atoms with Crippen molar-refractivity contribution in [2.45, 2.75) is 0 Å². The lowest BCUT2D eigenvalue weighted by atomic mass is 10.0. The van der Waals surface area contributed by atoms with Gasteiger partial charge in [-0.3, -0.25) is 10.1 Å². The maximum Gasteiger partial charge on any atom is 0.337 e. The van der Waals surface area contributed by atoms with Crippen LogP contribution in [0.15, 0.2) is 54.7 Å². The fourth-order valence-electron chi connectivity index (χ4n) is 2.72. The topological polar surface area (TPSA) is 78.9 Å². The van der Waals surface area contributed by atoms with Crippen LogP contribution < -0.4 is 0 Å². The van der Waals surface area contributed by atoms with E-state index in [1.165, 1.54) is 0 Å². The minimum Gasteiger partial charge on any atom is -0.478 e. The average Bonchev–Trinajstić information content (AvgIpc) is 2.98. The summed E-state index contributed by atoms with van der Waals surface area (Å²) in [6.45, 7) is 0. The number of aromatic nitrogens is 3. The summed E-state index contributed by atoms with van der Waals surface area (Å²) in [5.74, 6) is -0.986. The number of nitrogens with zero attached hydrogens (tertiary/aromatic N) is 2. The minimum atomic E-state index is -0.986. The summed E-state index contributed by atoms with van der Waals surface area (Å²) in [7, 11) is 0. The van der Waals surface area contributed by atoms with Crippen LogP contribution in [0.2, 0.25) is 0 Å². The molecule has 2 aromatic carbocycles. The van der Waals surface area contributed by atoms with Crippen molar-refractivity contribution >= 4 is 27.8 Å². The highest BCUT2D eigenvalue weighted by Gasteiger charge is 2.16. The van der Waals surface area contributed by atoms with E-state index in [-0.39, 0.29) is 5.56 Å². The standard InChI is InChI=1S/C17H11N3O2/c21-17(22)13-8-2-7-12-15(19-20-16(12)13)11-6-1-4-10-5-3-9-18-14(10)11/h1-9H,(H,19,20)(H,21,22). The van der Waals surface area contributed by atoms with E-state index in [1.807, 2.05) is 36.4 Å². The van der Waals surface area contributed by atoms with Gasteiger partial charge in [0.05, 0.1) is 16.8 Å². The number of fused-ring (bicyclic) bond motifs is 2. The summed E-state index contributed by atoms with van der Waals surface area (Å²) in [6, 6.07) is 14.9. The molecule has 4 rings (SSSR count). The molecule has 22 heavy (non-hydrogen) atoms. The Hall–Kier alpha value is -3.21. The fourth-order valence-corrected chi connectivity index (χ4v) is 2.72. The van der Waals surface area contributed by atoms with Crippen LogP contribution in [0.4, 0.5) is 0 Å². The third-order valence-electron chi connectivity index (χ3n) is 3.72. The summed E-state index contributed by atoms with van der Waals surface area (Å²) >= 11 is 0. The Morgan fingerprint density at radius 2 is 1.82 bits per heavy atom. The molecule has 0 saturated carbocycles. The lowest BCUT2D eigenvalue weighted by Crippen LogP contribution is -1.96. The molecule has 2 aromatic heterocycles. The van der Waals surface area contributed by atoms with E-state index in [1.54, 1.807) is 18.3 Å². The first-order valence-electron chi connectivity index (χ1n) is 6.80. The van der Waals surface area contributed by atoms with Crippen LogP contribution >= 0.6 is 0 Å². The van der Waals surface area contributed by atoms with E-state index in [0.717, 1.165) is 27.5 Å². The Labute approximate surface area is 125 Å². The molecule has 0 bridgehead atoms. The Balaban J connectivity index is 2.06. The van der Waals surface area contributed by atoms with Crippen molar-refractivity contribution in [3.8, 4) is 11.3 Å². The molecule has 106 valence electrons. The van der Waals surface area contributed by atoms with Crippen molar-refractivity contribution in [2.75, 3.05) is 0 Å². The lowest BCUT2D eigenvalue weighted by molar-refractivity contribution is 0.0699. The lowest BCUT2D eigenvalue weighted by Gasteiger charge is -2.04. The highest BCUT2D eigenvalue weighted by Crippen LogP contribution is 2.32. The summed E-state index contributed by atoms with van der Waals surface area (Å²) in [5.41, 5.74) is 3.19. The molecule has 0 atom stereocenters. The first kappa shape index (κ1) is 12.5.